The maximum Gasteiger partial charge on any atom is 0.251 e. The van der Waals surface area contributed by atoms with Gasteiger partial charge in [0.15, 0.2) is 11.6 Å². The van der Waals surface area contributed by atoms with Crippen LogP contribution in [-0.2, 0) is 0 Å². The predicted octanol–water partition coefficient (Wildman–Crippen LogP) is 3.12. The Bertz CT molecular complexity index is 464. The normalized spacial score (nSPS) is 23.2. The molecule has 1 aliphatic carbocycles. The van der Waals surface area contributed by atoms with Crippen LogP contribution in [-0.4, -0.2) is 29.0 Å². The van der Waals surface area contributed by atoms with Crippen LogP contribution in [0.3, 0.4) is 0 Å². The van der Waals surface area contributed by atoms with Crippen molar-refractivity contribution in [1.82, 2.24) is 9.97 Å². The molecule has 0 N–H and O–H groups in total. The van der Waals surface area contributed by atoms with E-state index in [1.54, 1.807) is 4.90 Å². The topological polar surface area (TPSA) is 29.0 Å². The molecule has 3 rings (SSSR count). The Morgan fingerprint density at radius 2 is 1.84 bits per heavy atom. The number of piperidine rings is 1. The Labute approximate surface area is 109 Å². The Morgan fingerprint density at radius 3 is 2.42 bits per heavy atom. The summed E-state index contributed by atoms with van der Waals surface area (Å²) in [6, 6.07) is 0. The molecule has 3 nitrogen and oxygen atoms in total. The van der Waals surface area contributed by atoms with E-state index in [0.717, 1.165) is 19.3 Å². The minimum atomic E-state index is -2.63. The van der Waals surface area contributed by atoms with Crippen molar-refractivity contribution in [3.8, 4) is 0 Å². The second-order valence-electron chi connectivity index (χ2n) is 5.37. The van der Waals surface area contributed by atoms with E-state index in [4.69, 9.17) is 0 Å². The zero-order chi connectivity index (χ0) is 13.5. The molecule has 0 aromatic carbocycles. The molecule has 2 aliphatic rings. The lowest BCUT2D eigenvalue weighted by atomic mass is 9.82. The van der Waals surface area contributed by atoms with Crippen LogP contribution in [0.5, 0.6) is 0 Å². The SMILES string of the molecule is Fc1c(C2CCC2)ncnc1N1CCC(F)(F)CC1. The summed E-state index contributed by atoms with van der Waals surface area (Å²) < 4.78 is 40.6. The summed E-state index contributed by atoms with van der Waals surface area (Å²) in [5.41, 5.74) is 0.452. The maximum absolute atomic E-state index is 14.4. The number of alkyl halides is 2. The first-order valence-electron chi connectivity index (χ1n) is 6.70. The lowest BCUT2D eigenvalue weighted by Crippen LogP contribution is -2.40. The summed E-state index contributed by atoms with van der Waals surface area (Å²) in [6.45, 7) is 0.288. The monoisotopic (exact) mass is 271 g/mol. The number of hydrogen-bond donors (Lipinski definition) is 0. The molecule has 1 aliphatic heterocycles. The van der Waals surface area contributed by atoms with Gasteiger partial charge in [-0.25, -0.2) is 23.1 Å². The van der Waals surface area contributed by atoms with Gasteiger partial charge in [0.2, 0.25) is 0 Å². The summed E-state index contributed by atoms with van der Waals surface area (Å²) in [6.07, 6.45) is 3.86. The van der Waals surface area contributed by atoms with Crippen LogP contribution in [0.25, 0.3) is 0 Å². The van der Waals surface area contributed by atoms with Crippen molar-refractivity contribution >= 4 is 5.82 Å². The van der Waals surface area contributed by atoms with E-state index in [9.17, 15) is 13.2 Å². The van der Waals surface area contributed by atoms with Gasteiger partial charge >= 0.3 is 0 Å². The van der Waals surface area contributed by atoms with Gasteiger partial charge in [-0.1, -0.05) is 6.42 Å². The molecule has 1 aromatic heterocycles. The number of halogens is 3. The van der Waals surface area contributed by atoms with Crippen molar-refractivity contribution in [3.63, 3.8) is 0 Å². The number of anilines is 1. The highest BCUT2D eigenvalue weighted by molar-refractivity contribution is 5.42. The van der Waals surface area contributed by atoms with Gasteiger partial charge in [0.25, 0.3) is 5.92 Å². The van der Waals surface area contributed by atoms with Crippen molar-refractivity contribution in [3.05, 3.63) is 17.8 Å². The lowest BCUT2D eigenvalue weighted by Gasteiger charge is -2.33. The van der Waals surface area contributed by atoms with E-state index in [2.05, 4.69) is 9.97 Å². The molecular formula is C13H16F3N3. The molecule has 0 spiro atoms. The molecule has 1 saturated carbocycles. The maximum atomic E-state index is 14.4. The molecule has 0 radical (unpaired) electrons. The van der Waals surface area contributed by atoms with Crippen molar-refractivity contribution in [1.29, 1.82) is 0 Å². The largest absolute Gasteiger partial charge is 0.354 e. The van der Waals surface area contributed by atoms with E-state index >= 15 is 0 Å². The molecule has 2 fully saturated rings. The molecule has 0 atom stereocenters. The average Bonchev–Trinajstić information content (AvgIpc) is 2.30. The second kappa shape index (κ2) is 4.65. The molecule has 0 amide bonds. The predicted molar refractivity (Wildman–Crippen MR) is 65.0 cm³/mol. The van der Waals surface area contributed by atoms with E-state index in [1.807, 2.05) is 0 Å². The first kappa shape index (κ1) is 12.7. The van der Waals surface area contributed by atoms with Crippen LogP contribution in [0, 0.1) is 5.82 Å². The lowest BCUT2D eigenvalue weighted by molar-refractivity contribution is -0.0222. The van der Waals surface area contributed by atoms with Crippen molar-refractivity contribution in [2.24, 2.45) is 0 Å². The van der Waals surface area contributed by atoms with Crippen LogP contribution in [0.1, 0.15) is 43.7 Å². The van der Waals surface area contributed by atoms with E-state index in [1.165, 1.54) is 6.33 Å². The van der Waals surface area contributed by atoms with Gasteiger partial charge in [-0.3, -0.25) is 0 Å². The first-order chi connectivity index (χ1) is 9.07. The van der Waals surface area contributed by atoms with Crippen LogP contribution >= 0.6 is 0 Å². The molecule has 0 bridgehead atoms. The fraction of sp³-hybridized carbons (Fsp3) is 0.692. The second-order valence-corrected chi connectivity index (χ2v) is 5.37. The molecule has 6 heteroatoms. The standard InChI is InChI=1S/C13H16F3N3/c14-10-11(9-2-1-3-9)17-8-18-12(10)19-6-4-13(15,16)5-7-19/h8-9H,1-7H2. The van der Waals surface area contributed by atoms with Gasteiger partial charge in [0.05, 0.1) is 5.69 Å². The Hall–Kier alpha value is -1.33. The summed E-state index contributed by atoms with van der Waals surface area (Å²) in [5.74, 6) is -2.69. The molecule has 1 aromatic rings. The number of nitrogens with zero attached hydrogens (tertiary/aromatic N) is 3. The number of aromatic nitrogens is 2. The Kier molecular flexibility index (Phi) is 3.11. The Balaban J connectivity index is 1.81. The van der Waals surface area contributed by atoms with E-state index < -0.39 is 11.7 Å². The molecule has 2 heterocycles. The van der Waals surface area contributed by atoms with Gasteiger partial charge < -0.3 is 4.90 Å². The summed E-state index contributed by atoms with van der Waals surface area (Å²) in [4.78, 5) is 9.58. The highest BCUT2D eigenvalue weighted by Crippen LogP contribution is 2.38. The van der Waals surface area contributed by atoms with Crippen LogP contribution in [0.2, 0.25) is 0 Å². The number of hydrogen-bond acceptors (Lipinski definition) is 3. The first-order valence-corrected chi connectivity index (χ1v) is 6.70. The van der Waals surface area contributed by atoms with Gasteiger partial charge in [0, 0.05) is 31.8 Å². The van der Waals surface area contributed by atoms with Gasteiger partial charge in [-0.2, -0.15) is 0 Å². The molecular weight excluding hydrogens is 255 g/mol. The third kappa shape index (κ3) is 2.40. The summed E-state index contributed by atoms with van der Waals surface area (Å²) >= 11 is 0. The quantitative estimate of drug-likeness (QED) is 0.827. The highest BCUT2D eigenvalue weighted by atomic mass is 19.3. The summed E-state index contributed by atoms with van der Waals surface area (Å²) in [7, 11) is 0. The van der Waals surface area contributed by atoms with Crippen molar-refractivity contribution < 1.29 is 13.2 Å². The van der Waals surface area contributed by atoms with Crippen molar-refractivity contribution in [2.75, 3.05) is 18.0 Å². The van der Waals surface area contributed by atoms with Crippen LogP contribution < -0.4 is 4.90 Å². The molecule has 1 saturated heterocycles. The zero-order valence-electron chi connectivity index (χ0n) is 10.6. The molecule has 104 valence electrons. The zero-order valence-corrected chi connectivity index (χ0v) is 10.6. The average molecular weight is 271 g/mol. The third-order valence-electron chi connectivity index (χ3n) is 4.08. The van der Waals surface area contributed by atoms with E-state index in [-0.39, 0.29) is 37.7 Å². The van der Waals surface area contributed by atoms with Gasteiger partial charge in [0.1, 0.15) is 6.33 Å². The summed E-state index contributed by atoms with van der Waals surface area (Å²) in [5, 5.41) is 0. The fourth-order valence-electron chi connectivity index (χ4n) is 2.61. The van der Waals surface area contributed by atoms with Crippen LogP contribution in [0.15, 0.2) is 6.33 Å². The molecule has 0 unspecified atom stereocenters. The van der Waals surface area contributed by atoms with Gasteiger partial charge in [-0.15, -0.1) is 0 Å². The fourth-order valence-corrected chi connectivity index (χ4v) is 2.61. The van der Waals surface area contributed by atoms with E-state index in [0.29, 0.717) is 5.69 Å². The highest BCUT2D eigenvalue weighted by Gasteiger charge is 2.36. The minimum Gasteiger partial charge on any atom is -0.354 e. The van der Waals surface area contributed by atoms with Crippen LogP contribution in [0.4, 0.5) is 19.0 Å². The molecule has 19 heavy (non-hydrogen) atoms. The minimum absolute atomic E-state index is 0.144. The smallest absolute Gasteiger partial charge is 0.251 e. The number of rotatable bonds is 2. The Morgan fingerprint density at radius 1 is 1.16 bits per heavy atom. The third-order valence-corrected chi connectivity index (χ3v) is 4.08. The van der Waals surface area contributed by atoms with Gasteiger partial charge in [-0.05, 0) is 12.8 Å². The van der Waals surface area contributed by atoms with Crippen molar-refractivity contribution in [2.45, 2.75) is 43.9 Å².